The van der Waals surface area contributed by atoms with Gasteiger partial charge in [-0.25, -0.2) is 0 Å². The largest absolute Gasteiger partial charge is 0.0991 e. The molecule has 0 spiro atoms. The van der Waals surface area contributed by atoms with Crippen molar-refractivity contribution >= 4 is 15.9 Å². The molecule has 0 radical (unpaired) electrons. The van der Waals surface area contributed by atoms with Gasteiger partial charge < -0.3 is 0 Å². The first-order chi connectivity index (χ1) is 3.91. The molecular weight excluding hydrogens is 164 g/mol. The second-order valence-electron chi connectivity index (χ2n) is 1.20. The highest BCUT2D eigenvalue weighted by molar-refractivity contribution is 9.09. The van der Waals surface area contributed by atoms with Gasteiger partial charge in [0.1, 0.15) is 0 Å². The van der Waals surface area contributed by atoms with E-state index in [0.29, 0.717) is 0 Å². The summed E-state index contributed by atoms with van der Waals surface area (Å²) in [7, 11) is 0. The van der Waals surface area contributed by atoms with E-state index in [4.69, 9.17) is 0 Å². The Morgan fingerprint density at radius 3 is 2.50 bits per heavy atom. The fourth-order valence-corrected chi connectivity index (χ4v) is 0.489. The van der Waals surface area contributed by atoms with Crippen molar-refractivity contribution < 1.29 is 0 Å². The second-order valence-corrected chi connectivity index (χ2v) is 1.85. The first kappa shape index (κ1) is 7.70. The Morgan fingerprint density at radius 1 is 1.25 bits per heavy atom. The van der Waals surface area contributed by atoms with Crippen LogP contribution in [0.5, 0.6) is 0 Å². The van der Waals surface area contributed by atoms with Crippen molar-refractivity contribution in [2.24, 2.45) is 0 Å². The van der Waals surface area contributed by atoms with E-state index in [0.717, 1.165) is 5.33 Å². The summed E-state index contributed by atoms with van der Waals surface area (Å²) >= 11 is 3.25. The molecule has 0 saturated heterocycles. The van der Waals surface area contributed by atoms with Crippen LogP contribution in [0.15, 0.2) is 37.0 Å². The Hall–Kier alpha value is -0.300. The summed E-state index contributed by atoms with van der Waals surface area (Å²) in [6, 6.07) is 0. The molecule has 0 heterocycles. The number of alkyl halides is 1. The lowest BCUT2D eigenvalue weighted by atomic mass is 10.4. The second kappa shape index (κ2) is 6.70. The summed E-state index contributed by atoms with van der Waals surface area (Å²) in [5.41, 5.74) is 0. The maximum absolute atomic E-state index is 3.53. The van der Waals surface area contributed by atoms with Gasteiger partial charge in [-0.2, -0.15) is 0 Å². The zero-order valence-electron chi connectivity index (χ0n) is 4.68. The predicted molar refractivity (Wildman–Crippen MR) is 42.3 cm³/mol. The zero-order valence-corrected chi connectivity index (χ0v) is 6.26. The molecule has 1 heteroatoms. The predicted octanol–water partition coefficient (Wildman–Crippen LogP) is 2.68. The molecule has 0 N–H and O–H groups in total. The van der Waals surface area contributed by atoms with Crippen molar-refractivity contribution in [3.63, 3.8) is 0 Å². The van der Waals surface area contributed by atoms with Crippen LogP contribution in [-0.4, -0.2) is 5.33 Å². The molecule has 0 aliphatic rings. The van der Waals surface area contributed by atoms with Gasteiger partial charge >= 0.3 is 0 Å². The molecule has 8 heavy (non-hydrogen) atoms. The molecule has 0 aliphatic heterocycles. The molecule has 0 unspecified atom stereocenters. The standard InChI is InChI=1S/C7H9Br/c1-2-3-4-5-6-7-8/h2-6H,1,7H2/b4-3+,6-5+. The molecule has 0 saturated carbocycles. The molecule has 0 aromatic heterocycles. The van der Waals surface area contributed by atoms with Crippen LogP contribution in [0.25, 0.3) is 0 Å². The van der Waals surface area contributed by atoms with Gasteiger partial charge in [-0.3, -0.25) is 0 Å². The maximum Gasteiger partial charge on any atom is 0.0215 e. The van der Waals surface area contributed by atoms with Crippen LogP contribution >= 0.6 is 15.9 Å². The van der Waals surface area contributed by atoms with Gasteiger partial charge in [-0.1, -0.05) is 52.9 Å². The number of halogens is 1. The van der Waals surface area contributed by atoms with E-state index in [1.807, 2.05) is 24.3 Å². The number of rotatable bonds is 3. The van der Waals surface area contributed by atoms with Gasteiger partial charge in [-0.05, 0) is 0 Å². The Bertz CT molecular complexity index is 101. The van der Waals surface area contributed by atoms with Gasteiger partial charge in [0, 0.05) is 5.33 Å². The summed E-state index contributed by atoms with van der Waals surface area (Å²) in [6.07, 6.45) is 9.56. The van der Waals surface area contributed by atoms with Gasteiger partial charge in [0.05, 0.1) is 0 Å². The molecule has 0 fully saturated rings. The van der Waals surface area contributed by atoms with E-state index in [9.17, 15) is 0 Å². The summed E-state index contributed by atoms with van der Waals surface area (Å²) in [4.78, 5) is 0. The number of hydrogen-bond acceptors (Lipinski definition) is 0. The molecule has 0 rings (SSSR count). The van der Waals surface area contributed by atoms with Crippen LogP contribution in [-0.2, 0) is 0 Å². The number of allylic oxidation sites excluding steroid dienone is 5. The Morgan fingerprint density at radius 2 is 2.00 bits per heavy atom. The maximum atomic E-state index is 3.53. The van der Waals surface area contributed by atoms with Crippen LogP contribution in [0.4, 0.5) is 0 Å². The van der Waals surface area contributed by atoms with E-state index in [1.165, 1.54) is 0 Å². The van der Waals surface area contributed by atoms with Crippen LogP contribution in [0, 0.1) is 0 Å². The van der Waals surface area contributed by atoms with E-state index in [1.54, 1.807) is 6.08 Å². The smallest absolute Gasteiger partial charge is 0.0215 e. The van der Waals surface area contributed by atoms with Crippen molar-refractivity contribution in [2.75, 3.05) is 5.33 Å². The third-order valence-corrected chi connectivity index (χ3v) is 0.957. The first-order valence-corrected chi connectivity index (χ1v) is 3.54. The molecule has 0 aliphatic carbocycles. The summed E-state index contributed by atoms with van der Waals surface area (Å²) in [5.74, 6) is 0. The molecular formula is C7H9Br. The Labute approximate surface area is 58.7 Å². The van der Waals surface area contributed by atoms with Crippen molar-refractivity contribution in [1.82, 2.24) is 0 Å². The first-order valence-electron chi connectivity index (χ1n) is 2.42. The van der Waals surface area contributed by atoms with Crippen LogP contribution in [0.3, 0.4) is 0 Å². The average molecular weight is 173 g/mol. The van der Waals surface area contributed by atoms with Crippen LogP contribution in [0.1, 0.15) is 0 Å². The minimum atomic E-state index is 0.911. The molecule has 0 bridgehead atoms. The van der Waals surface area contributed by atoms with Crippen molar-refractivity contribution in [2.45, 2.75) is 0 Å². The quantitative estimate of drug-likeness (QED) is 0.454. The molecule has 0 atom stereocenters. The lowest BCUT2D eigenvalue weighted by Gasteiger charge is -1.70. The number of hydrogen-bond donors (Lipinski definition) is 0. The Kier molecular flexibility index (Phi) is 6.45. The van der Waals surface area contributed by atoms with Gasteiger partial charge in [-0.15, -0.1) is 0 Å². The lowest BCUT2D eigenvalue weighted by molar-refractivity contribution is 1.78. The van der Waals surface area contributed by atoms with E-state index in [2.05, 4.69) is 22.5 Å². The van der Waals surface area contributed by atoms with E-state index >= 15 is 0 Å². The highest BCUT2D eigenvalue weighted by atomic mass is 79.9. The minimum Gasteiger partial charge on any atom is -0.0991 e. The summed E-state index contributed by atoms with van der Waals surface area (Å²) in [6.45, 7) is 3.53. The zero-order chi connectivity index (χ0) is 6.24. The highest BCUT2D eigenvalue weighted by Crippen LogP contribution is 1.82. The topological polar surface area (TPSA) is 0 Å². The van der Waals surface area contributed by atoms with Gasteiger partial charge in [0.25, 0.3) is 0 Å². The van der Waals surface area contributed by atoms with Gasteiger partial charge in [0.15, 0.2) is 0 Å². The SMILES string of the molecule is C=C/C=C/C=C/CBr. The van der Waals surface area contributed by atoms with E-state index < -0.39 is 0 Å². The third kappa shape index (κ3) is 5.70. The lowest BCUT2D eigenvalue weighted by Crippen LogP contribution is -1.53. The average Bonchev–Trinajstić information content (AvgIpc) is 1.81. The summed E-state index contributed by atoms with van der Waals surface area (Å²) < 4.78 is 0. The molecule has 0 aromatic carbocycles. The molecule has 44 valence electrons. The molecule has 0 nitrogen and oxygen atoms in total. The fraction of sp³-hybridized carbons (Fsp3) is 0.143. The molecule has 0 aromatic rings. The van der Waals surface area contributed by atoms with E-state index in [-0.39, 0.29) is 0 Å². The van der Waals surface area contributed by atoms with Crippen LogP contribution < -0.4 is 0 Å². The summed E-state index contributed by atoms with van der Waals surface area (Å²) in [5, 5.41) is 0.911. The highest BCUT2D eigenvalue weighted by Gasteiger charge is 1.60. The van der Waals surface area contributed by atoms with Crippen molar-refractivity contribution in [3.05, 3.63) is 37.0 Å². The van der Waals surface area contributed by atoms with Crippen molar-refractivity contribution in [1.29, 1.82) is 0 Å². The van der Waals surface area contributed by atoms with Crippen molar-refractivity contribution in [3.8, 4) is 0 Å². The molecule has 0 amide bonds. The minimum absolute atomic E-state index is 0.911. The monoisotopic (exact) mass is 172 g/mol. The van der Waals surface area contributed by atoms with Crippen LogP contribution in [0.2, 0.25) is 0 Å². The fourth-order valence-electron chi connectivity index (χ4n) is 0.273. The normalized spacial score (nSPS) is 11.1. The third-order valence-electron chi connectivity index (χ3n) is 0.583. The Balaban J connectivity index is 3.26. The van der Waals surface area contributed by atoms with Gasteiger partial charge in [0.2, 0.25) is 0 Å².